The summed E-state index contributed by atoms with van der Waals surface area (Å²) in [6.45, 7) is 9.33. The highest BCUT2D eigenvalue weighted by atomic mass is 35.5. The minimum absolute atomic E-state index is 0.0832. The van der Waals surface area contributed by atoms with E-state index in [9.17, 15) is 19.5 Å². The third-order valence-electron chi connectivity index (χ3n) is 6.29. The smallest absolute Gasteiger partial charge is 0.417 e. The first-order valence-electron chi connectivity index (χ1n) is 11.7. The fourth-order valence-electron chi connectivity index (χ4n) is 4.79. The summed E-state index contributed by atoms with van der Waals surface area (Å²) in [6, 6.07) is 14.7. The first-order valence-corrected chi connectivity index (χ1v) is 12.1. The maximum absolute atomic E-state index is 14.3. The topological polar surface area (TPSA) is 87.2 Å². The van der Waals surface area contributed by atoms with E-state index in [0.717, 1.165) is 5.56 Å². The second-order valence-corrected chi connectivity index (χ2v) is 10.7. The Kier molecular flexibility index (Phi) is 8.11. The number of nitrogens with zero attached hydrogens (tertiary/aromatic N) is 2. The van der Waals surface area contributed by atoms with Gasteiger partial charge < -0.3 is 14.7 Å². The molecule has 1 unspecified atom stereocenters. The summed E-state index contributed by atoms with van der Waals surface area (Å²) in [7, 11) is 0. The van der Waals surface area contributed by atoms with E-state index >= 15 is 0 Å². The van der Waals surface area contributed by atoms with E-state index in [2.05, 4.69) is 0 Å². The molecule has 1 heterocycles. The largest absolute Gasteiger partial charge is 0.465 e. The molecule has 1 saturated heterocycles. The van der Waals surface area contributed by atoms with Crippen LogP contribution in [0.25, 0.3) is 0 Å². The Morgan fingerprint density at radius 3 is 2.23 bits per heavy atom. The number of rotatable bonds is 7. The van der Waals surface area contributed by atoms with Crippen LogP contribution in [0.4, 0.5) is 9.59 Å². The van der Waals surface area contributed by atoms with Gasteiger partial charge >= 0.3 is 12.2 Å². The van der Waals surface area contributed by atoms with Crippen molar-refractivity contribution in [3.63, 3.8) is 0 Å². The summed E-state index contributed by atoms with van der Waals surface area (Å²) in [4.78, 5) is 42.0. The van der Waals surface area contributed by atoms with Crippen LogP contribution in [-0.2, 0) is 16.0 Å². The minimum Gasteiger partial charge on any atom is -0.465 e. The molecule has 2 aromatic rings. The second-order valence-electron chi connectivity index (χ2n) is 10.3. The first-order chi connectivity index (χ1) is 16.4. The Hall–Kier alpha value is -3.06. The third-order valence-corrected chi connectivity index (χ3v) is 6.54. The molecular formula is C27H33ClN2O5. The molecule has 1 aliphatic rings. The molecule has 3 atom stereocenters. The highest BCUT2D eigenvalue weighted by Crippen LogP contribution is 2.40. The van der Waals surface area contributed by atoms with Crippen LogP contribution in [0.15, 0.2) is 54.6 Å². The zero-order valence-corrected chi connectivity index (χ0v) is 21.5. The van der Waals surface area contributed by atoms with Gasteiger partial charge in [-0.3, -0.25) is 4.79 Å². The molecule has 1 N–H and O–H groups in total. The van der Waals surface area contributed by atoms with Gasteiger partial charge in [-0.05, 0) is 48.9 Å². The number of hydrogen-bond acceptors (Lipinski definition) is 4. The lowest BCUT2D eigenvalue weighted by atomic mass is 9.74. The zero-order chi connectivity index (χ0) is 25.9. The lowest BCUT2D eigenvalue weighted by molar-refractivity contribution is -0.133. The molecule has 7 nitrogen and oxygen atoms in total. The van der Waals surface area contributed by atoms with Crippen molar-refractivity contribution in [3.05, 3.63) is 70.7 Å². The van der Waals surface area contributed by atoms with E-state index < -0.39 is 47.6 Å². The standard InChI is InChI=1S/C27H33ClN2O5/c1-17(2)29(25(32)33)23(27(3,4)5)22(19-11-13-20(28)14-12-19)24(31)30-21(16-35-26(30)34)15-18-9-7-6-8-10-18/h6-14,17,21-23H,15-16H2,1-5H3,(H,32,33)/t21-,22?,23+/m0/s1. The molecule has 0 spiro atoms. The molecule has 0 aliphatic carbocycles. The number of carbonyl (C=O) groups excluding carboxylic acids is 2. The number of imide groups is 1. The van der Waals surface area contributed by atoms with Gasteiger partial charge in [0.15, 0.2) is 0 Å². The van der Waals surface area contributed by atoms with Gasteiger partial charge in [0.2, 0.25) is 5.91 Å². The maximum atomic E-state index is 14.3. The molecule has 1 fully saturated rings. The third kappa shape index (κ3) is 5.96. The van der Waals surface area contributed by atoms with Gasteiger partial charge in [0, 0.05) is 11.1 Å². The fraction of sp³-hybridized carbons (Fsp3) is 0.444. The number of amides is 3. The lowest BCUT2D eigenvalue weighted by Gasteiger charge is -2.45. The molecule has 8 heteroatoms. The Bertz CT molecular complexity index is 1050. The molecule has 1 aliphatic heterocycles. The summed E-state index contributed by atoms with van der Waals surface area (Å²) < 4.78 is 5.31. The molecular weight excluding hydrogens is 468 g/mol. The van der Waals surface area contributed by atoms with Gasteiger partial charge in [0.25, 0.3) is 0 Å². The number of hydrogen-bond donors (Lipinski definition) is 1. The maximum Gasteiger partial charge on any atom is 0.417 e. The van der Waals surface area contributed by atoms with Gasteiger partial charge in [-0.2, -0.15) is 0 Å². The predicted molar refractivity (Wildman–Crippen MR) is 135 cm³/mol. The number of carboxylic acid groups (broad SMARTS) is 1. The number of ether oxygens (including phenoxy) is 1. The average Bonchev–Trinajstić information content (AvgIpc) is 3.13. The van der Waals surface area contributed by atoms with Gasteiger partial charge in [-0.1, -0.05) is 74.8 Å². The summed E-state index contributed by atoms with van der Waals surface area (Å²) in [6.07, 6.45) is -1.40. The SMILES string of the molecule is CC(C)N(C(=O)O)[C@H](C(C(=O)N1C(=O)OC[C@@H]1Cc1ccccc1)c1ccc(Cl)cc1)C(C)(C)C. The van der Waals surface area contributed by atoms with E-state index in [-0.39, 0.29) is 6.61 Å². The first kappa shape index (κ1) is 26.5. The molecule has 0 aromatic heterocycles. The molecule has 3 rings (SSSR count). The summed E-state index contributed by atoms with van der Waals surface area (Å²) in [5.74, 6) is -1.43. The van der Waals surface area contributed by atoms with Gasteiger partial charge in [-0.25, -0.2) is 14.5 Å². The van der Waals surface area contributed by atoms with Crippen LogP contribution in [0.2, 0.25) is 5.02 Å². The van der Waals surface area contributed by atoms with Crippen LogP contribution in [0, 0.1) is 5.41 Å². The molecule has 0 saturated carbocycles. The lowest BCUT2D eigenvalue weighted by Crippen LogP contribution is -2.57. The predicted octanol–water partition coefficient (Wildman–Crippen LogP) is 5.82. The summed E-state index contributed by atoms with van der Waals surface area (Å²) in [5, 5.41) is 10.6. The Balaban J connectivity index is 2.12. The van der Waals surface area contributed by atoms with Gasteiger partial charge in [0.1, 0.15) is 6.61 Å². The van der Waals surface area contributed by atoms with Crippen LogP contribution in [-0.4, -0.2) is 57.7 Å². The average molecular weight is 501 g/mol. The van der Waals surface area contributed by atoms with Crippen LogP contribution in [0.5, 0.6) is 0 Å². The Morgan fingerprint density at radius 2 is 1.71 bits per heavy atom. The van der Waals surface area contributed by atoms with E-state index in [0.29, 0.717) is 17.0 Å². The molecule has 0 bridgehead atoms. The highest BCUT2D eigenvalue weighted by Gasteiger charge is 2.49. The number of halogens is 1. The van der Waals surface area contributed by atoms with Crippen LogP contribution in [0.1, 0.15) is 51.7 Å². The monoisotopic (exact) mass is 500 g/mol. The second kappa shape index (κ2) is 10.7. The molecule has 188 valence electrons. The quantitative estimate of drug-likeness (QED) is 0.517. The summed E-state index contributed by atoms with van der Waals surface area (Å²) >= 11 is 6.12. The zero-order valence-electron chi connectivity index (χ0n) is 20.8. The van der Waals surface area contributed by atoms with Crippen LogP contribution >= 0.6 is 11.6 Å². The van der Waals surface area contributed by atoms with Crippen molar-refractivity contribution in [1.82, 2.24) is 9.80 Å². The molecule has 2 aromatic carbocycles. The number of benzene rings is 2. The molecule has 0 radical (unpaired) electrons. The van der Waals surface area contributed by atoms with E-state index in [1.807, 2.05) is 51.1 Å². The van der Waals surface area contributed by atoms with Crippen LogP contribution in [0.3, 0.4) is 0 Å². The fourth-order valence-corrected chi connectivity index (χ4v) is 4.91. The van der Waals surface area contributed by atoms with Crippen molar-refractivity contribution in [3.8, 4) is 0 Å². The Labute approximate surface area is 211 Å². The van der Waals surface area contributed by atoms with E-state index in [1.165, 1.54) is 9.80 Å². The number of cyclic esters (lactones) is 1. The van der Waals surface area contributed by atoms with Crippen molar-refractivity contribution in [1.29, 1.82) is 0 Å². The van der Waals surface area contributed by atoms with Gasteiger partial charge in [0.05, 0.1) is 18.0 Å². The molecule has 3 amide bonds. The minimum atomic E-state index is -1.13. The van der Waals surface area contributed by atoms with E-state index in [4.69, 9.17) is 16.3 Å². The number of carbonyl (C=O) groups is 3. The normalized spacial score (nSPS) is 17.7. The van der Waals surface area contributed by atoms with Crippen molar-refractivity contribution >= 4 is 29.7 Å². The molecule has 35 heavy (non-hydrogen) atoms. The Morgan fingerprint density at radius 1 is 1.11 bits per heavy atom. The van der Waals surface area contributed by atoms with Crippen molar-refractivity contribution in [2.45, 2.75) is 65.1 Å². The van der Waals surface area contributed by atoms with Crippen LogP contribution < -0.4 is 0 Å². The highest BCUT2D eigenvalue weighted by molar-refractivity contribution is 6.30. The summed E-state index contributed by atoms with van der Waals surface area (Å²) in [5.41, 5.74) is 0.920. The van der Waals surface area contributed by atoms with Crippen molar-refractivity contribution < 1.29 is 24.2 Å². The van der Waals surface area contributed by atoms with E-state index in [1.54, 1.807) is 38.1 Å². The van der Waals surface area contributed by atoms with Gasteiger partial charge in [-0.15, -0.1) is 0 Å². The van der Waals surface area contributed by atoms with Crippen molar-refractivity contribution in [2.24, 2.45) is 5.41 Å². The van der Waals surface area contributed by atoms with Crippen molar-refractivity contribution in [2.75, 3.05) is 6.61 Å².